The first kappa shape index (κ1) is 17.9. The average Bonchev–Trinajstić information content (AvgIpc) is 2.92. The summed E-state index contributed by atoms with van der Waals surface area (Å²) in [6.07, 6.45) is -0.123. The van der Waals surface area contributed by atoms with Crippen LogP contribution in [0.15, 0.2) is 22.7 Å². The minimum absolute atomic E-state index is 0.0355. The highest BCUT2D eigenvalue weighted by atomic mass is 35.5. The molecule has 128 valence electrons. The van der Waals surface area contributed by atoms with Crippen molar-refractivity contribution in [1.82, 2.24) is 15.5 Å². The summed E-state index contributed by atoms with van der Waals surface area (Å²) >= 11 is 5.61. The van der Waals surface area contributed by atoms with Crippen molar-refractivity contribution in [2.75, 3.05) is 0 Å². The molecule has 0 aliphatic heterocycles. The van der Waals surface area contributed by atoms with Crippen molar-refractivity contribution in [3.63, 3.8) is 0 Å². The number of halogens is 2. The van der Waals surface area contributed by atoms with Crippen LogP contribution in [0.2, 0.25) is 5.02 Å². The van der Waals surface area contributed by atoms with E-state index in [-0.39, 0.29) is 24.3 Å². The molecule has 2 N–H and O–H groups in total. The van der Waals surface area contributed by atoms with Gasteiger partial charge in [0, 0.05) is 12.8 Å². The highest BCUT2D eigenvalue weighted by molar-refractivity contribution is 6.30. The van der Waals surface area contributed by atoms with Crippen LogP contribution in [-0.4, -0.2) is 27.1 Å². The summed E-state index contributed by atoms with van der Waals surface area (Å²) in [7, 11) is 0. The van der Waals surface area contributed by atoms with E-state index in [9.17, 15) is 14.0 Å². The van der Waals surface area contributed by atoms with E-state index in [1.54, 1.807) is 6.92 Å². The number of nitrogens with zero attached hydrogens (tertiary/aromatic N) is 2. The maximum atomic E-state index is 13.6. The van der Waals surface area contributed by atoms with Crippen molar-refractivity contribution in [2.45, 2.75) is 32.2 Å². The van der Waals surface area contributed by atoms with Crippen LogP contribution < -0.4 is 5.32 Å². The summed E-state index contributed by atoms with van der Waals surface area (Å²) in [4.78, 5) is 27.0. The van der Waals surface area contributed by atoms with Gasteiger partial charge in [-0.05, 0) is 24.6 Å². The first-order valence-electron chi connectivity index (χ1n) is 7.10. The number of nitrogens with one attached hydrogen (secondary N) is 1. The van der Waals surface area contributed by atoms with Crippen LogP contribution in [-0.2, 0) is 16.0 Å². The SMILES string of the molecule is Cc1noc(CCC(=O)NC(CC(=O)O)c2ccc(Cl)c(F)c2)n1. The summed E-state index contributed by atoms with van der Waals surface area (Å²) < 4.78 is 18.5. The van der Waals surface area contributed by atoms with Crippen molar-refractivity contribution >= 4 is 23.5 Å². The molecule has 0 radical (unpaired) electrons. The van der Waals surface area contributed by atoms with Gasteiger partial charge in [0.1, 0.15) is 5.82 Å². The van der Waals surface area contributed by atoms with Crippen molar-refractivity contribution in [2.24, 2.45) is 0 Å². The van der Waals surface area contributed by atoms with Gasteiger partial charge in [-0.25, -0.2) is 4.39 Å². The Hall–Kier alpha value is -2.48. The number of aliphatic carboxylic acids is 1. The van der Waals surface area contributed by atoms with Gasteiger partial charge in [-0.2, -0.15) is 4.98 Å². The number of hydrogen-bond acceptors (Lipinski definition) is 5. The molecule has 1 atom stereocenters. The van der Waals surface area contributed by atoms with Gasteiger partial charge in [0.2, 0.25) is 11.8 Å². The normalized spacial score (nSPS) is 12.0. The fraction of sp³-hybridized carbons (Fsp3) is 0.333. The Morgan fingerprint density at radius 1 is 1.46 bits per heavy atom. The van der Waals surface area contributed by atoms with Crippen LogP contribution in [0.3, 0.4) is 0 Å². The highest BCUT2D eigenvalue weighted by Gasteiger charge is 2.19. The Morgan fingerprint density at radius 2 is 2.21 bits per heavy atom. The summed E-state index contributed by atoms with van der Waals surface area (Å²) in [6, 6.07) is 3.03. The second-order valence-corrected chi connectivity index (χ2v) is 5.53. The molecule has 1 unspecified atom stereocenters. The smallest absolute Gasteiger partial charge is 0.305 e. The van der Waals surface area contributed by atoms with Gasteiger partial charge in [0.15, 0.2) is 5.82 Å². The van der Waals surface area contributed by atoms with Crippen LogP contribution in [0.25, 0.3) is 0 Å². The quantitative estimate of drug-likeness (QED) is 0.790. The lowest BCUT2D eigenvalue weighted by atomic mass is 10.0. The van der Waals surface area contributed by atoms with Crippen LogP contribution in [0.4, 0.5) is 4.39 Å². The molecule has 1 amide bonds. The van der Waals surface area contributed by atoms with Crippen LogP contribution in [0, 0.1) is 12.7 Å². The fourth-order valence-corrected chi connectivity index (χ4v) is 2.20. The molecule has 1 aromatic heterocycles. The molecule has 0 fully saturated rings. The lowest BCUT2D eigenvalue weighted by Crippen LogP contribution is -2.30. The van der Waals surface area contributed by atoms with Gasteiger partial charge in [-0.15, -0.1) is 0 Å². The molecule has 24 heavy (non-hydrogen) atoms. The third-order valence-electron chi connectivity index (χ3n) is 3.20. The fourth-order valence-electron chi connectivity index (χ4n) is 2.08. The van der Waals surface area contributed by atoms with Crippen LogP contribution >= 0.6 is 11.6 Å². The van der Waals surface area contributed by atoms with Gasteiger partial charge in [0.25, 0.3) is 0 Å². The maximum Gasteiger partial charge on any atom is 0.305 e. The summed E-state index contributed by atoms with van der Waals surface area (Å²) in [5.41, 5.74) is 0.321. The first-order valence-corrected chi connectivity index (χ1v) is 7.48. The zero-order chi connectivity index (χ0) is 17.7. The number of aryl methyl sites for hydroxylation is 2. The first-order chi connectivity index (χ1) is 11.3. The Balaban J connectivity index is 2.03. The Morgan fingerprint density at radius 3 is 2.79 bits per heavy atom. The second-order valence-electron chi connectivity index (χ2n) is 5.13. The number of carboxylic acid groups (broad SMARTS) is 1. The number of benzene rings is 1. The molecule has 0 saturated carbocycles. The average molecular weight is 356 g/mol. The molecule has 9 heteroatoms. The molecule has 0 bridgehead atoms. The number of carbonyl (C=O) groups excluding carboxylic acids is 1. The Kier molecular flexibility index (Phi) is 5.86. The van der Waals surface area contributed by atoms with Crippen molar-refractivity contribution in [3.05, 3.63) is 46.3 Å². The predicted octanol–water partition coefficient (Wildman–Crippen LogP) is 2.44. The number of aromatic nitrogens is 2. The van der Waals surface area contributed by atoms with Crippen molar-refractivity contribution in [1.29, 1.82) is 0 Å². The zero-order valence-electron chi connectivity index (χ0n) is 12.8. The van der Waals surface area contributed by atoms with Crippen molar-refractivity contribution < 1.29 is 23.6 Å². The largest absolute Gasteiger partial charge is 0.481 e. The van der Waals surface area contributed by atoms with Crippen molar-refractivity contribution in [3.8, 4) is 0 Å². The van der Waals surface area contributed by atoms with E-state index in [0.717, 1.165) is 6.07 Å². The molecule has 7 nitrogen and oxygen atoms in total. The summed E-state index contributed by atoms with van der Waals surface area (Å²) in [6.45, 7) is 1.66. The van der Waals surface area contributed by atoms with Gasteiger partial charge < -0.3 is 14.9 Å². The molecular formula is C15H15ClFN3O4. The van der Waals surface area contributed by atoms with E-state index in [2.05, 4.69) is 15.5 Å². The molecular weight excluding hydrogens is 341 g/mol. The Bertz CT molecular complexity index is 750. The lowest BCUT2D eigenvalue weighted by molar-refractivity contribution is -0.137. The summed E-state index contributed by atoms with van der Waals surface area (Å²) in [5, 5.41) is 15.1. The van der Waals surface area contributed by atoms with E-state index < -0.39 is 23.7 Å². The van der Waals surface area contributed by atoms with E-state index in [4.69, 9.17) is 21.2 Å². The topological polar surface area (TPSA) is 105 Å². The molecule has 1 heterocycles. The van der Waals surface area contributed by atoms with E-state index in [0.29, 0.717) is 17.3 Å². The highest BCUT2D eigenvalue weighted by Crippen LogP contribution is 2.22. The minimum Gasteiger partial charge on any atom is -0.481 e. The second kappa shape index (κ2) is 7.87. The van der Waals surface area contributed by atoms with Crippen LogP contribution in [0.5, 0.6) is 0 Å². The standard InChI is InChI=1S/C15H15ClFN3O4/c1-8-18-14(24-20-8)5-4-13(21)19-12(7-15(22)23)9-2-3-10(16)11(17)6-9/h2-3,6,12H,4-5,7H2,1H3,(H,19,21)(H,22,23). The lowest BCUT2D eigenvalue weighted by Gasteiger charge is -2.17. The number of rotatable bonds is 7. The van der Waals surface area contributed by atoms with E-state index in [1.807, 2.05) is 0 Å². The van der Waals surface area contributed by atoms with Gasteiger partial charge in [0.05, 0.1) is 17.5 Å². The van der Waals surface area contributed by atoms with Crippen LogP contribution in [0.1, 0.15) is 36.2 Å². The third kappa shape index (κ3) is 5.02. The monoisotopic (exact) mass is 355 g/mol. The van der Waals surface area contributed by atoms with Gasteiger partial charge in [-0.1, -0.05) is 22.8 Å². The number of carboxylic acids is 1. The van der Waals surface area contributed by atoms with E-state index >= 15 is 0 Å². The predicted molar refractivity (Wildman–Crippen MR) is 81.9 cm³/mol. The molecule has 2 rings (SSSR count). The number of carbonyl (C=O) groups is 2. The minimum atomic E-state index is -1.12. The molecule has 2 aromatic rings. The number of amides is 1. The Labute approximate surface area is 141 Å². The summed E-state index contributed by atoms with van der Waals surface area (Å²) in [5.74, 6) is -1.43. The number of hydrogen-bond donors (Lipinski definition) is 2. The molecule has 0 aliphatic rings. The molecule has 0 spiro atoms. The maximum absolute atomic E-state index is 13.6. The zero-order valence-corrected chi connectivity index (χ0v) is 13.5. The van der Waals surface area contributed by atoms with Gasteiger partial charge >= 0.3 is 5.97 Å². The molecule has 0 aliphatic carbocycles. The molecule has 0 saturated heterocycles. The third-order valence-corrected chi connectivity index (χ3v) is 3.50. The van der Waals surface area contributed by atoms with Gasteiger partial charge in [-0.3, -0.25) is 9.59 Å². The van der Waals surface area contributed by atoms with E-state index in [1.165, 1.54) is 12.1 Å². The molecule has 1 aromatic carbocycles.